The maximum Gasteiger partial charge on any atom is 0.490 e. The Morgan fingerprint density at radius 1 is 1.06 bits per heavy atom. The highest BCUT2D eigenvalue weighted by molar-refractivity contribution is 6.60. The number of methoxy groups -OCH3 is 1. The fourth-order valence-electron chi connectivity index (χ4n) is 1.83. The molecule has 0 amide bonds. The predicted octanol–water partition coefficient (Wildman–Crippen LogP) is 0.624. The first-order valence-electron chi connectivity index (χ1n) is 5.52. The van der Waals surface area contributed by atoms with Crippen LogP contribution in [0.3, 0.4) is 0 Å². The molecule has 4 N–H and O–H groups in total. The van der Waals surface area contributed by atoms with E-state index < -0.39 is 7.12 Å². The Morgan fingerprint density at radius 3 is 2.28 bits per heavy atom. The summed E-state index contributed by atoms with van der Waals surface area (Å²) in [6.45, 7) is 0. The third-order valence-electron chi connectivity index (χ3n) is 2.82. The summed E-state index contributed by atoms with van der Waals surface area (Å²) in [5.74, 6) is 0.760. The van der Waals surface area contributed by atoms with Crippen LogP contribution in [0.1, 0.15) is 0 Å². The topological polar surface area (TPSA) is 75.7 Å². The molecular formula is C13H14BNO3. The molecule has 0 unspecified atom stereocenters. The van der Waals surface area contributed by atoms with Crippen LogP contribution >= 0.6 is 0 Å². The van der Waals surface area contributed by atoms with E-state index in [4.69, 9.17) is 10.5 Å². The summed E-state index contributed by atoms with van der Waals surface area (Å²) >= 11 is 0. The van der Waals surface area contributed by atoms with Crippen LogP contribution in [-0.4, -0.2) is 24.3 Å². The molecule has 0 aliphatic carbocycles. The molecule has 0 heterocycles. The minimum atomic E-state index is -1.57. The Morgan fingerprint density at radius 2 is 1.72 bits per heavy atom. The van der Waals surface area contributed by atoms with Crippen molar-refractivity contribution in [1.82, 2.24) is 0 Å². The van der Waals surface area contributed by atoms with Crippen molar-refractivity contribution in [3.63, 3.8) is 0 Å². The normalized spacial score (nSPS) is 10.2. The molecule has 0 bridgehead atoms. The summed E-state index contributed by atoms with van der Waals surface area (Å²) in [4.78, 5) is 0. The number of hydrogen-bond acceptors (Lipinski definition) is 4. The second-order valence-electron chi connectivity index (χ2n) is 3.91. The standard InChI is InChI=1S/C13H14BNO3/c1-18-10-7-5-9(6-8-10)11-3-2-4-12(13(11)15)14(16)17/h2-8,16-17H,15H2,1H3. The molecule has 4 nitrogen and oxygen atoms in total. The van der Waals surface area contributed by atoms with E-state index in [0.717, 1.165) is 16.9 Å². The number of ether oxygens (including phenoxy) is 1. The molecule has 0 saturated heterocycles. The van der Waals surface area contributed by atoms with Gasteiger partial charge in [-0.05, 0) is 17.7 Å². The molecule has 0 aromatic heterocycles. The molecule has 2 aromatic carbocycles. The molecule has 2 rings (SSSR count). The minimum Gasteiger partial charge on any atom is -0.497 e. The van der Waals surface area contributed by atoms with Gasteiger partial charge in [0.25, 0.3) is 0 Å². The zero-order chi connectivity index (χ0) is 13.1. The van der Waals surface area contributed by atoms with Gasteiger partial charge in [-0.2, -0.15) is 0 Å². The van der Waals surface area contributed by atoms with Gasteiger partial charge in [0.15, 0.2) is 0 Å². The van der Waals surface area contributed by atoms with Crippen LogP contribution in [0.2, 0.25) is 0 Å². The highest BCUT2D eigenvalue weighted by Gasteiger charge is 2.16. The number of rotatable bonds is 3. The number of hydrogen-bond donors (Lipinski definition) is 3. The van der Waals surface area contributed by atoms with Crippen molar-refractivity contribution >= 4 is 18.3 Å². The SMILES string of the molecule is COc1ccc(-c2cccc(B(O)O)c2N)cc1. The van der Waals surface area contributed by atoms with Crippen molar-refractivity contribution in [3.8, 4) is 16.9 Å². The van der Waals surface area contributed by atoms with E-state index in [1.165, 1.54) is 0 Å². The van der Waals surface area contributed by atoms with E-state index in [2.05, 4.69) is 0 Å². The fourth-order valence-corrected chi connectivity index (χ4v) is 1.83. The third-order valence-corrected chi connectivity index (χ3v) is 2.82. The first-order valence-corrected chi connectivity index (χ1v) is 5.52. The molecule has 0 atom stereocenters. The number of para-hydroxylation sites is 1. The zero-order valence-electron chi connectivity index (χ0n) is 10.00. The second kappa shape index (κ2) is 5.12. The van der Waals surface area contributed by atoms with Gasteiger partial charge < -0.3 is 20.5 Å². The Labute approximate surface area is 106 Å². The molecule has 0 spiro atoms. The van der Waals surface area contributed by atoms with Crippen molar-refractivity contribution in [2.24, 2.45) is 0 Å². The van der Waals surface area contributed by atoms with E-state index in [0.29, 0.717) is 11.2 Å². The lowest BCUT2D eigenvalue weighted by Crippen LogP contribution is -2.32. The molecular weight excluding hydrogens is 229 g/mol. The van der Waals surface area contributed by atoms with E-state index in [1.807, 2.05) is 30.3 Å². The summed E-state index contributed by atoms with van der Waals surface area (Å²) in [5.41, 5.74) is 8.28. The molecule has 92 valence electrons. The van der Waals surface area contributed by atoms with Crippen molar-refractivity contribution < 1.29 is 14.8 Å². The van der Waals surface area contributed by atoms with Gasteiger partial charge in [0.05, 0.1) is 7.11 Å². The minimum absolute atomic E-state index is 0.309. The molecule has 0 aliphatic heterocycles. The first-order chi connectivity index (χ1) is 8.63. The quantitative estimate of drug-likeness (QED) is 0.545. The van der Waals surface area contributed by atoms with Gasteiger partial charge in [-0.15, -0.1) is 0 Å². The lowest BCUT2D eigenvalue weighted by Gasteiger charge is -2.11. The van der Waals surface area contributed by atoms with Crippen LogP contribution in [0.25, 0.3) is 11.1 Å². The molecule has 0 fully saturated rings. The van der Waals surface area contributed by atoms with Gasteiger partial charge in [0.2, 0.25) is 0 Å². The molecule has 18 heavy (non-hydrogen) atoms. The lowest BCUT2D eigenvalue weighted by atomic mass is 9.77. The first kappa shape index (κ1) is 12.5. The monoisotopic (exact) mass is 243 g/mol. The van der Waals surface area contributed by atoms with Gasteiger partial charge in [0, 0.05) is 16.7 Å². The summed E-state index contributed by atoms with van der Waals surface area (Å²) in [5, 5.41) is 18.4. The van der Waals surface area contributed by atoms with Crippen LogP contribution in [0, 0.1) is 0 Å². The number of anilines is 1. The Hall–Kier alpha value is -1.98. The average Bonchev–Trinajstić information content (AvgIpc) is 2.39. The largest absolute Gasteiger partial charge is 0.497 e. The third kappa shape index (κ3) is 2.32. The van der Waals surface area contributed by atoms with Crippen molar-refractivity contribution in [1.29, 1.82) is 0 Å². The number of nitrogens with two attached hydrogens (primary N) is 1. The molecule has 0 radical (unpaired) electrons. The summed E-state index contributed by atoms with van der Waals surface area (Å²) in [6.07, 6.45) is 0. The number of nitrogen functional groups attached to an aromatic ring is 1. The summed E-state index contributed by atoms with van der Waals surface area (Å²) in [7, 11) is 0.0368. The zero-order valence-corrected chi connectivity index (χ0v) is 10.00. The van der Waals surface area contributed by atoms with Crippen LogP contribution in [0.4, 0.5) is 5.69 Å². The molecule has 2 aromatic rings. The predicted molar refractivity (Wildman–Crippen MR) is 72.7 cm³/mol. The van der Waals surface area contributed by atoms with Gasteiger partial charge in [-0.25, -0.2) is 0 Å². The maximum absolute atomic E-state index is 9.21. The van der Waals surface area contributed by atoms with Crippen molar-refractivity contribution in [3.05, 3.63) is 42.5 Å². The summed E-state index contributed by atoms with van der Waals surface area (Å²) < 4.78 is 5.09. The molecule has 0 aliphatic rings. The smallest absolute Gasteiger partial charge is 0.490 e. The fraction of sp³-hybridized carbons (Fsp3) is 0.0769. The lowest BCUT2D eigenvalue weighted by molar-refractivity contribution is 0.415. The Kier molecular flexibility index (Phi) is 3.55. The van der Waals surface area contributed by atoms with Gasteiger partial charge in [-0.3, -0.25) is 0 Å². The maximum atomic E-state index is 9.21. The van der Waals surface area contributed by atoms with Gasteiger partial charge in [-0.1, -0.05) is 30.3 Å². The van der Waals surface area contributed by atoms with E-state index in [-0.39, 0.29) is 0 Å². The van der Waals surface area contributed by atoms with Crippen molar-refractivity contribution in [2.45, 2.75) is 0 Å². The van der Waals surface area contributed by atoms with E-state index in [1.54, 1.807) is 19.2 Å². The van der Waals surface area contributed by atoms with Gasteiger partial charge >= 0.3 is 7.12 Å². The van der Waals surface area contributed by atoms with Crippen LogP contribution in [-0.2, 0) is 0 Å². The van der Waals surface area contributed by atoms with Crippen LogP contribution < -0.4 is 15.9 Å². The summed E-state index contributed by atoms with van der Waals surface area (Å²) in [6, 6.07) is 12.6. The van der Waals surface area contributed by atoms with Crippen molar-refractivity contribution in [2.75, 3.05) is 12.8 Å². The molecule has 5 heteroatoms. The number of benzene rings is 2. The Bertz CT molecular complexity index is 540. The second-order valence-corrected chi connectivity index (χ2v) is 3.91. The van der Waals surface area contributed by atoms with Crippen LogP contribution in [0.15, 0.2) is 42.5 Å². The van der Waals surface area contributed by atoms with Gasteiger partial charge in [0.1, 0.15) is 5.75 Å². The van der Waals surface area contributed by atoms with E-state index in [9.17, 15) is 10.0 Å². The highest BCUT2D eigenvalue weighted by atomic mass is 16.5. The molecule has 0 saturated carbocycles. The highest BCUT2D eigenvalue weighted by Crippen LogP contribution is 2.26. The van der Waals surface area contributed by atoms with Crippen LogP contribution in [0.5, 0.6) is 5.75 Å². The average molecular weight is 243 g/mol. The van der Waals surface area contributed by atoms with E-state index >= 15 is 0 Å². The Balaban J connectivity index is 2.46.